The van der Waals surface area contributed by atoms with E-state index in [4.69, 9.17) is 4.52 Å². The molecular weight excluding hydrogens is 224 g/mol. The van der Waals surface area contributed by atoms with Gasteiger partial charge in [-0.25, -0.2) is 4.98 Å². The average molecular weight is 236 g/mol. The first-order valence-corrected chi connectivity index (χ1v) is 6.28. The topological polar surface area (TPSA) is 63.8 Å². The van der Waals surface area contributed by atoms with Gasteiger partial charge in [-0.3, -0.25) is 0 Å². The lowest BCUT2D eigenvalue weighted by molar-refractivity contribution is 0.358. The van der Waals surface area contributed by atoms with Gasteiger partial charge in [0.05, 0.1) is 5.51 Å². The van der Waals surface area contributed by atoms with E-state index < -0.39 is 0 Å². The smallest absolute Gasteiger partial charge is 0.227 e. The molecule has 16 heavy (non-hydrogen) atoms. The highest BCUT2D eigenvalue weighted by atomic mass is 32.1. The van der Waals surface area contributed by atoms with Crippen molar-refractivity contribution in [2.24, 2.45) is 5.92 Å². The molecule has 0 amide bonds. The van der Waals surface area contributed by atoms with Crippen molar-refractivity contribution < 1.29 is 4.52 Å². The van der Waals surface area contributed by atoms with Crippen molar-refractivity contribution in [3.63, 3.8) is 0 Å². The number of aromatic nitrogens is 3. The largest absolute Gasteiger partial charge is 0.339 e. The molecular formula is C10H12N4OS. The summed E-state index contributed by atoms with van der Waals surface area (Å²) in [6.45, 7) is 2.15. The van der Waals surface area contributed by atoms with Gasteiger partial charge in [0.2, 0.25) is 11.7 Å². The maximum absolute atomic E-state index is 5.23. The Morgan fingerprint density at radius 2 is 2.56 bits per heavy atom. The molecule has 0 radical (unpaired) electrons. The second-order valence-corrected chi connectivity index (χ2v) is 4.67. The van der Waals surface area contributed by atoms with Gasteiger partial charge in [-0.05, 0) is 25.4 Å². The van der Waals surface area contributed by atoms with E-state index in [0.717, 1.165) is 31.1 Å². The van der Waals surface area contributed by atoms with Crippen molar-refractivity contribution in [1.82, 2.24) is 20.4 Å². The standard InChI is InChI=1S/C10H12N4OS/c1-2-11-4-7(1)3-9-13-10(14-15-9)8-5-16-6-12-8/h5-7,11H,1-4H2. The fourth-order valence-corrected chi connectivity index (χ4v) is 2.43. The molecule has 84 valence electrons. The summed E-state index contributed by atoms with van der Waals surface area (Å²) >= 11 is 1.53. The third-order valence-corrected chi connectivity index (χ3v) is 3.34. The average Bonchev–Trinajstić information content (AvgIpc) is 2.99. The summed E-state index contributed by atoms with van der Waals surface area (Å²) in [7, 11) is 0. The minimum atomic E-state index is 0.599. The van der Waals surface area contributed by atoms with Crippen LogP contribution in [0.4, 0.5) is 0 Å². The first kappa shape index (κ1) is 9.92. The molecule has 0 aliphatic carbocycles. The lowest BCUT2D eigenvalue weighted by Gasteiger charge is -2.01. The normalized spacial score (nSPS) is 20.4. The number of thiazole rings is 1. The van der Waals surface area contributed by atoms with Gasteiger partial charge in [0.15, 0.2) is 0 Å². The summed E-state index contributed by atoms with van der Waals surface area (Å²) in [5.41, 5.74) is 2.57. The fraction of sp³-hybridized carbons (Fsp3) is 0.500. The molecule has 1 aliphatic rings. The third-order valence-electron chi connectivity index (χ3n) is 2.76. The predicted octanol–water partition coefficient (Wildman–Crippen LogP) is 1.35. The number of rotatable bonds is 3. The van der Waals surface area contributed by atoms with E-state index in [1.165, 1.54) is 17.8 Å². The molecule has 0 spiro atoms. The Balaban J connectivity index is 1.72. The Bertz CT molecular complexity index is 447. The minimum Gasteiger partial charge on any atom is -0.339 e. The predicted molar refractivity (Wildman–Crippen MR) is 60.1 cm³/mol. The molecule has 3 rings (SSSR count). The molecule has 0 bridgehead atoms. The van der Waals surface area contributed by atoms with Crippen LogP contribution >= 0.6 is 11.3 Å². The van der Waals surface area contributed by atoms with Crippen LogP contribution in [-0.2, 0) is 6.42 Å². The second kappa shape index (κ2) is 4.31. The van der Waals surface area contributed by atoms with Gasteiger partial charge in [-0.1, -0.05) is 5.16 Å². The number of hydrogen-bond donors (Lipinski definition) is 1. The Morgan fingerprint density at radius 3 is 3.31 bits per heavy atom. The summed E-state index contributed by atoms with van der Waals surface area (Å²) in [5.74, 6) is 1.95. The van der Waals surface area contributed by atoms with Crippen molar-refractivity contribution in [3.05, 3.63) is 16.8 Å². The monoisotopic (exact) mass is 236 g/mol. The first-order chi connectivity index (χ1) is 7.92. The molecule has 6 heteroatoms. The molecule has 3 heterocycles. The van der Waals surface area contributed by atoms with Gasteiger partial charge in [0.1, 0.15) is 5.69 Å². The molecule has 2 aromatic rings. The van der Waals surface area contributed by atoms with Crippen LogP contribution in [0.25, 0.3) is 11.5 Å². The molecule has 1 unspecified atom stereocenters. The Morgan fingerprint density at radius 1 is 1.56 bits per heavy atom. The Hall–Kier alpha value is -1.27. The SMILES string of the molecule is c1nc(-c2noc(CC3CCNC3)n2)cs1. The molecule has 1 saturated heterocycles. The van der Waals surface area contributed by atoms with Crippen LogP contribution in [0.3, 0.4) is 0 Å². The minimum absolute atomic E-state index is 0.599. The van der Waals surface area contributed by atoms with Crippen molar-refractivity contribution in [1.29, 1.82) is 0 Å². The zero-order chi connectivity index (χ0) is 10.8. The molecule has 1 fully saturated rings. The highest BCUT2D eigenvalue weighted by Gasteiger charge is 2.19. The van der Waals surface area contributed by atoms with Gasteiger partial charge in [0, 0.05) is 11.8 Å². The molecule has 2 aromatic heterocycles. The van der Waals surface area contributed by atoms with Crippen molar-refractivity contribution in [2.75, 3.05) is 13.1 Å². The highest BCUT2D eigenvalue weighted by molar-refractivity contribution is 7.07. The van der Waals surface area contributed by atoms with Gasteiger partial charge in [-0.15, -0.1) is 11.3 Å². The lowest BCUT2D eigenvalue weighted by atomic mass is 10.1. The van der Waals surface area contributed by atoms with Crippen LogP contribution in [0.15, 0.2) is 15.4 Å². The van der Waals surface area contributed by atoms with E-state index >= 15 is 0 Å². The third kappa shape index (κ3) is 1.98. The van der Waals surface area contributed by atoms with E-state index in [0.29, 0.717) is 11.7 Å². The van der Waals surface area contributed by atoms with E-state index in [1.807, 2.05) is 5.38 Å². The van der Waals surface area contributed by atoms with E-state index in [2.05, 4.69) is 20.4 Å². The Labute approximate surface area is 96.9 Å². The van der Waals surface area contributed by atoms with Crippen molar-refractivity contribution >= 4 is 11.3 Å². The van der Waals surface area contributed by atoms with Gasteiger partial charge < -0.3 is 9.84 Å². The molecule has 5 nitrogen and oxygen atoms in total. The van der Waals surface area contributed by atoms with Crippen LogP contribution < -0.4 is 5.32 Å². The zero-order valence-electron chi connectivity index (χ0n) is 8.72. The quantitative estimate of drug-likeness (QED) is 0.871. The number of nitrogens with zero attached hydrogens (tertiary/aromatic N) is 3. The zero-order valence-corrected chi connectivity index (χ0v) is 9.54. The summed E-state index contributed by atoms with van der Waals surface area (Å²) in [5, 5.41) is 9.19. The highest BCUT2D eigenvalue weighted by Crippen LogP contribution is 2.18. The summed E-state index contributed by atoms with van der Waals surface area (Å²) in [6, 6.07) is 0. The van der Waals surface area contributed by atoms with Crippen LogP contribution in [0, 0.1) is 5.92 Å². The molecule has 1 aliphatic heterocycles. The fourth-order valence-electron chi connectivity index (χ4n) is 1.90. The van der Waals surface area contributed by atoms with Crippen LogP contribution in [-0.4, -0.2) is 28.2 Å². The summed E-state index contributed by atoms with van der Waals surface area (Å²) in [6.07, 6.45) is 2.05. The maximum Gasteiger partial charge on any atom is 0.227 e. The number of nitrogens with one attached hydrogen (secondary N) is 1. The molecule has 0 aromatic carbocycles. The van der Waals surface area contributed by atoms with Gasteiger partial charge in [-0.2, -0.15) is 4.98 Å². The maximum atomic E-state index is 5.23. The molecule has 1 atom stereocenters. The van der Waals surface area contributed by atoms with E-state index in [1.54, 1.807) is 5.51 Å². The van der Waals surface area contributed by atoms with Gasteiger partial charge in [0.25, 0.3) is 0 Å². The summed E-state index contributed by atoms with van der Waals surface area (Å²) in [4.78, 5) is 8.51. The van der Waals surface area contributed by atoms with Crippen molar-refractivity contribution in [2.45, 2.75) is 12.8 Å². The van der Waals surface area contributed by atoms with Crippen LogP contribution in [0.5, 0.6) is 0 Å². The van der Waals surface area contributed by atoms with E-state index in [9.17, 15) is 0 Å². The molecule has 0 saturated carbocycles. The van der Waals surface area contributed by atoms with E-state index in [-0.39, 0.29) is 0 Å². The van der Waals surface area contributed by atoms with Crippen molar-refractivity contribution in [3.8, 4) is 11.5 Å². The molecule has 1 N–H and O–H groups in total. The van der Waals surface area contributed by atoms with Gasteiger partial charge >= 0.3 is 0 Å². The van der Waals surface area contributed by atoms with Crippen LogP contribution in [0.2, 0.25) is 0 Å². The lowest BCUT2D eigenvalue weighted by Crippen LogP contribution is -2.10. The Kier molecular flexibility index (Phi) is 2.67. The van der Waals surface area contributed by atoms with Crippen LogP contribution in [0.1, 0.15) is 12.3 Å². The summed E-state index contributed by atoms with van der Waals surface area (Å²) < 4.78 is 5.23. The number of hydrogen-bond acceptors (Lipinski definition) is 6. The second-order valence-electron chi connectivity index (χ2n) is 3.95. The first-order valence-electron chi connectivity index (χ1n) is 5.33.